The molecular weight excluding hydrogens is 186 g/mol. The van der Waals surface area contributed by atoms with E-state index in [-0.39, 0.29) is 0 Å². The van der Waals surface area contributed by atoms with E-state index in [1.165, 1.54) is 32.2 Å². The zero-order valence-corrected chi connectivity index (χ0v) is 9.65. The maximum atomic E-state index is 8.79. The Morgan fingerprint density at radius 1 is 1.27 bits per heavy atom. The second-order valence-electron chi connectivity index (χ2n) is 4.93. The first-order chi connectivity index (χ1) is 7.31. The van der Waals surface area contributed by atoms with Crippen LogP contribution in [-0.2, 0) is 0 Å². The SMILES string of the molecule is CN1CCN(C2CCCC2)CC1CC#N. The fraction of sp³-hybridized carbons (Fsp3) is 0.917. The Morgan fingerprint density at radius 2 is 2.00 bits per heavy atom. The Kier molecular flexibility index (Phi) is 3.61. The minimum absolute atomic E-state index is 0.462. The van der Waals surface area contributed by atoms with Crippen molar-refractivity contribution in [3.63, 3.8) is 0 Å². The van der Waals surface area contributed by atoms with Crippen molar-refractivity contribution in [3.8, 4) is 6.07 Å². The Bertz CT molecular complexity index is 240. The van der Waals surface area contributed by atoms with Gasteiger partial charge in [0, 0.05) is 31.7 Å². The summed E-state index contributed by atoms with van der Waals surface area (Å²) in [6, 6.07) is 3.59. The molecule has 0 aromatic heterocycles. The standard InChI is InChI=1S/C12H21N3/c1-14-8-9-15(10-12(14)6-7-13)11-4-2-3-5-11/h11-12H,2-6,8-10H2,1H3. The first-order valence-corrected chi connectivity index (χ1v) is 6.12. The summed E-state index contributed by atoms with van der Waals surface area (Å²) in [6.07, 6.45) is 6.24. The zero-order valence-electron chi connectivity index (χ0n) is 9.65. The predicted octanol–water partition coefficient (Wildman–Crippen LogP) is 1.46. The molecule has 2 rings (SSSR count). The van der Waals surface area contributed by atoms with Gasteiger partial charge in [0.2, 0.25) is 0 Å². The van der Waals surface area contributed by atoms with Gasteiger partial charge in [0.1, 0.15) is 0 Å². The summed E-state index contributed by atoms with van der Waals surface area (Å²) < 4.78 is 0. The van der Waals surface area contributed by atoms with E-state index in [2.05, 4.69) is 22.9 Å². The summed E-state index contributed by atoms with van der Waals surface area (Å²) in [5.74, 6) is 0. The topological polar surface area (TPSA) is 30.3 Å². The number of likely N-dealkylation sites (N-methyl/N-ethyl adjacent to an activating group) is 1. The van der Waals surface area contributed by atoms with E-state index in [1.807, 2.05) is 0 Å². The van der Waals surface area contributed by atoms with Crippen molar-refractivity contribution >= 4 is 0 Å². The number of piperazine rings is 1. The monoisotopic (exact) mass is 207 g/mol. The molecule has 84 valence electrons. The molecule has 1 atom stereocenters. The number of nitriles is 1. The Hall–Kier alpha value is -0.590. The van der Waals surface area contributed by atoms with E-state index in [0.29, 0.717) is 12.5 Å². The van der Waals surface area contributed by atoms with Crippen LogP contribution in [0.15, 0.2) is 0 Å². The molecule has 1 heterocycles. The molecule has 3 heteroatoms. The third-order valence-corrected chi connectivity index (χ3v) is 3.98. The molecule has 0 radical (unpaired) electrons. The number of hydrogen-bond donors (Lipinski definition) is 0. The maximum Gasteiger partial charge on any atom is 0.0638 e. The van der Waals surface area contributed by atoms with Gasteiger partial charge >= 0.3 is 0 Å². The van der Waals surface area contributed by atoms with E-state index >= 15 is 0 Å². The summed E-state index contributed by atoms with van der Waals surface area (Å²) >= 11 is 0. The Morgan fingerprint density at radius 3 is 2.67 bits per heavy atom. The summed E-state index contributed by atoms with van der Waals surface area (Å²) in [5, 5.41) is 8.79. The van der Waals surface area contributed by atoms with Crippen LogP contribution >= 0.6 is 0 Å². The van der Waals surface area contributed by atoms with Crippen molar-refractivity contribution in [2.24, 2.45) is 0 Å². The molecular formula is C12H21N3. The van der Waals surface area contributed by atoms with E-state index in [1.54, 1.807) is 0 Å². The normalized spacial score (nSPS) is 30.5. The molecule has 1 saturated carbocycles. The summed E-state index contributed by atoms with van der Waals surface area (Å²) in [5.41, 5.74) is 0. The van der Waals surface area contributed by atoms with Crippen molar-refractivity contribution in [1.82, 2.24) is 9.80 Å². The maximum absolute atomic E-state index is 8.79. The van der Waals surface area contributed by atoms with Gasteiger partial charge in [-0.2, -0.15) is 5.26 Å². The number of nitrogens with zero attached hydrogens (tertiary/aromatic N) is 3. The summed E-state index contributed by atoms with van der Waals surface area (Å²) in [4.78, 5) is 4.96. The van der Waals surface area contributed by atoms with Crippen molar-refractivity contribution in [2.75, 3.05) is 26.7 Å². The van der Waals surface area contributed by atoms with Crippen LogP contribution in [-0.4, -0.2) is 48.6 Å². The Balaban J connectivity index is 1.90. The molecule has 0 bridgehead atoms. The summed E-state index contributed by atoms with van der Waals surface area (Å²) in [7, 11) is 2.15. The van der Waals surface area contributed by atoms with Gasteiger partial charge in [-0.25, -0.2) is 0 Å². The molecule has 0 aromatic carbocycles. The molecule has 0 aromatic rings. The molecule has 1 saturated heterocycles. The highest BCUT2D eigenvalue weighted by molar-refractivity contribution is 4.90. The minimum Gasteiger partial charge on any atom is -0.300 e. The van der Waals surface area contributed by atoms with Crippen LogP contribution in [0.2, 0.25) is 0 Å². The second kappa shape index (κ2) is 4.96. The average Bonchev–Trinajstić information content (AvgIpc) is 2.75. The third kappa shape index (κ3) is 2.50. The fourth-order valence-corrected chi connectivity index (χ4v) is 2.90. The molecule has 3 nitrogen and oxygen atoms in total. The first kappa shape index (κ1) is 10.9. The van der Waals surface area contributed by atoms with E-state index in [9.17, 15) is 0 Å². The lowest BCUT2D eigenvalue weighted by molar-refractivity contribution is 0.0678. The van der Waals surface area contributed by atoms with E-state index < -0.39 is 0 Å². The molecule has 15 heavy (non-hydrogen) atoms. The van der Waals surface area contributed by atoms with Crippen LogP contribution in [0.4, 0.5) is 0 Å². The molecule has 0 N–H and O–H groups in total. The van der Waals surface area contributed by atoms with Crippen LogP contribution in [0.3, 0.4) is 0 Å². The van der Waals surface area contributed by atoms with Crippen molar-refractivity contribution in [2.45, 2.75) is 44.2 Å². The van der Waals surface area contributed by atoms with Crippen LogP contribution in [0.25, 0.3) is 0 Å². The van der Waals surface area contributed by atoms with E-state index in [4.69, 9.17) is 5.26 Å². The minimum atomic E-state index is 0.462. The van der Waals surface area contributed by atoms with Gasteiger partial charge in [-0.05, 0) is 19.9 Å². The lowest BCUT2D eigenvalue weighted by Crippen LogP contribution is -2.53. The van der Waals surface area contributed by atoms with Gasteiger partial charge in [0.05, 0.1) is 12.5 Å². The largest absolute Gasteiger partial charge is 0.300 e. The predicted molar refractivity (Wildman–Crippen MR) is 60.5 cm³/mol. The third-order valence-electron chi connectivity index (χ3n) is 3.98. The molecule has 2 fully saturated rings. The molecule has 0 amide bonds. The second-order valence-corrected chi connectivity index (χ2v) is 4.93. The lowest BCUT2D eigenvalue weighted by atomic mass is 10.1. The average molecular weight is 207 g/mol. The van der Waals surface area contributed by atoms with Crippen molar-refractivity contribution in [3.05, 3.63) is 0 Å². The van der Waals surface area contributed by atoms with Crippen LogP contribution in [0.5, 0.6) is 0 Å². The van der Waals surface area contributed by atoms with Gasteiger partial charge in [0.25, 0.3) is 0 Å². The zero-order chi connectivity index (χ0) is 10.7. The quantitative estimate of drug-likeness (QED) is 0.686. The molecule has 0 spiro atoms. The van der Waals surface area contributed by atoms with Crippen LogP contribution in [0.1, 0.15) is 32.1 Å². The highest BCUT2D eigenvalue weighted by Crippen LogP contribution is 2.25. The van der Waals surface area contributed by atoms with Gasteiger partial charge < -0.3 is 0 Å². The fourth-order valence-electron chi connectivity index (χ4n) is 2.90. The van der Waals surface area contributed by atoms with Gasteiger partial charge in [-0.3, -0.25) is 9.80 Å². The molecule has 2 aliphatic rings. The first-order valence-electron chi connectivity index (χ1n) is 6.12. The van der Waals surface area contributed by atoms with Crippen molar-refractivity contribution in [1.29, 1.82) is 5.26 Å². The molecule has 1 aliphatic carbocycles. The number of rotatable bonds is 2. The van der Waals surface area contributed by atoms with Crippen LogP contribution < -0.4 is 0 Å². The van der Waals surface area contributed by atoms with Gasteiger partial charge in [0.15, 0.2) is 0 Å². The smallest absolute Gasteiger partial charge is 0.0638 e. The Labute approximate surface area is 92.7 Å². The molecule has 1 unspecified atom stereocenters. The highest BCUT2D eigenvalue weighted by atomic mass is 15.3. The highest BCUT2D eigenvalue weighted by Gasteiger charge is 2.29. The van der Waals surface area contributed by atoms with Crippen molar-refractivity contribution < 1.29 is 0 Å². The van der Waals surface area contributed by atoms with E-state index in [0.717, 1.165) is 19.1 Å². The molecule has 1 aliphatic heterocycles. The summed E-state index contributed by atoms with van der Waals surface area (Å²) in [6.45, 7) is 3.43. The van der Waals surface area contributed by atoms with Crippen LogP contribution in [0, 0.1) is 11.3 Å². The number of hydrogen-bond acceptors (Lipinski definition) is 3. The lowest BCUT2D eigenvalue weighted by Gasteiger charge is -2.41. The van der Waals surface area contributed by atoms with Gasteiger partial charge in [-0.1, -0.05) is 12.8 Å². The van der Waals surface area contributed by atoms with Gasteiger partial charge in [-0.15, -0.1) is 0 Å².